The Kier molecular flexibility index (Phi) is 6.30. The predicted octanol–water partition coefficient (Wildman–Crippen LogP) is 3.59. The lowest BCUT2D eigenvalue weighted by atomic mass is 10.0. The van der Waals surface area contributed by atoms with Gasteiger partial charge in [0.05, 0.1) is 5.56 Å². The fourth-order valence-corrected chi connectivity index (χ4v) is 3.03. The SMILES string of the molecule is CC(C)C(=O)Nc1ccc(C(=O)[C@H](C)OC(=O)c2ccc3c(c2)CCC(=O)N3)cc1. The highest BCUT2D eigenvalue weighted by molar-refractivity contribution is 6.02. The Balaban J connectivity index is 1.63. The van der Waals surface area contributed by atoms with Gasteiger partial charge in [0.25, 0.3) is 0 Å². The van der Waals surface area contributed by atoms with E-state index in [-0.39, 0.29) is 23.5 Å². The Bertz CT molecular complexity index is 995. The molecule has 2 N–H and O–H groups in total. The number of rotatable bonds is 6. The maximum absolute atomic E-state index is 12.6. The third-order valence-corrected chi connectivity index (χ3v) is 4.85. The van der Waals surface area contributed by atoms with Gasteiger partial charge in [-0.25, -0.2) is 4.79 Å². The lowest BCUT2D eigenvalue weighted by molar-refractivity contribution is -0.119. The molecule has 156 valence electrons. The number of benzene rings is 2. The molecule has 0 spiro atoms. The Morgan fingerprint density at radius 1 is 0.967 bits per heavy atom. The number of hydrogen-bond donors (Lipinski definition) is 2. The molecular formula is C23H24N2O5. The topological polar surface area (TPSA) is 102 Å². The first kappa shape index (κ1) is 21.2. The third-order valence-electron chi connectivity index (χ3n) is 4.85. The highest BCUT2D eigenvalue weighted by Gasteiger charge is 2.22. The summed E-state index contributed by atoms with van der Waals surface area (Å²) in [5.41, 5.74) is 2.86. The summed E-state index contributed by atoms with van der Waals surface area (Å²) in [6, 6.07) is 11.4. The number of ether oxygens (including phenoxy) is 1. The van der Waals surface area contributed by atoms with Crippen LogP contribution >= 0.6 is 0 Å². The number of carbonyl (C=O) groups is 4. The van der Waals surface area contributed by atoms with Crippen molar-refractivity contribution in [2.75, 3.05) is 10.6 Å². The van der Waals surface area contributed by atoms with Crippen LogP contribution in [0.25, 0.3) is 0 Å². The van der Waals surface area contributed by atoms with Gasteiger partial charge in [0.1, 0.15) is 0 Å². The monoisotopic (exact) mass is 408 g/mol. The van der Waals surface area contributed by atoms with E-state index in [1.165, 1.54) is 6.92 Å². The number of aryl methyl sites for hydroxylation is 1. The zero-order chi connectivity index (χ0) is 21.8. The first-order chi connectivity index (χ1) is 14.2. The van der Waals surface area contributed by atoms with Gasteiger partial charge < -0.3 is 15.4 Å². The molecule has 0 fully saturated rings. The van der Waals surface area contributed by atoms with Crippen molar-refractivity contribution in [2.45, 2.75) is 39.7 Å². The first-order valence-corrected chi connectivity index (χ1v) is 9.83. The second kappa shape index (κ2) is 8.90. The van der Waals surface area contributed by atoms with Gasteiger partial charge in [0, 0.05) is 29.3 Å². The summed E-state index contributed by atoms with van der Waals surface area (Å²) >= 11 is 0. The summed E-state index contributed by atoms with van der Waals surface area (Å²) in [6.07, 6.45) is -0.0471. The van der Waals surface area contributed by atoms with Crippen LogP contribution in [0.15, 0.2) is 42.5 Å². The van der Waals surface area contributed by atoms with Crippen LogP contribution in [0.5, 0.6) is 0 Å². The van der Waals surface area contributed by atoms with Crippen LogP contribution in [0.2, 0.25) is 0 Å². The molecule has 0 radical (unpaired) electrons. The van der Waals surface area contributed by atoms with E-state index in [0.29, 0.717) is 35.3 Å². The van der Waals surface area contributed by atoms with Crippen LogP contribution in [-0.2, 0) is 20.7 Å². The molecule has 0 saturated carbocycles. The maximum atomic E-state index is 12.6. The summed E-state index contributed by atoms with van der Waals surface area (Å²) in [7, 11) is 0. The molecule has 2 aromatic carbocycles. The predicted molar refractivity (Wildman–Crippen MR) is 113 cm³/mol. The average molecular weight is 408 g/mol. The fraction of sp³-hybridized carbons (Fsp3) is 0.304. The zero-order valence-electron chi connectivity index (χ0n) is 17.2. The fourth-order valence-electron chi connectivity index (χ4n) is 3.03. The number of hydrogen-bond acceptors (Lipinski definition) is 5. The normalized spacial score (nSPS) is 13.8. The minimum atomic E-state index is -0.968. The molecule has 2 aromatic rings. The van der Waals surface area contributed by atoms with Crippen molar-refractivity contribution in [3.8, 4) is 0 Å². The van der Waals surface area contributed by atoms with Crippen LogP contribution in [0.1, 0.15) is 53.5 Å². The van der Waals surface area contributed by atoms with E-state index in [2.05, 4.69) is 10.6 Å². The third kappa shape index (κ3) is 4.92. The largest absolute Gasteiger partial charge is 0.451 e. The molecule has 1 aliphatic rings. The van der Waals surface area contributed by atoms with Crippen molar-refractivity contribution in [3.63, 3.8) is 0 Å². The van der Waals surface area contributed by atoms with E-state index in [9.17, 15) is 19.2 Å². The summed E-state index contributed by atoms with van der Waals surface area (Å²) < 4.78 is 5.35. The van der Waals surface area contributed by atoms with Gasteiger partial charge in [0.15, 0.2) is 6.10 Å². The first-order valence-electron chi connectivity index (χ1n) is 9.83. The molecule has 7 nitrogen and oxygen atoms in total. The number of ketones is 1. The van der Waals surface area contributed by atoms with Crippen LogP contribution < -0.4 is 10.6 Å². The highest BCUT2D eigenvalue weighted by Crippen LogP contribution is 2.24. The number of carbonyl (C=O) groups excluding carboxylic acids is 4. The van der Waals surface area contributed by atoms with E-state index in [1.807, 2.05) is 0 Å². The quantitative estimate of drug-likeness (QED) is 0.562. The van der Waals surface area contributed by atoms with Crippen molar-refractivity contribution in [3.05, 3.63) is 59.2 Å². The van der Waals surface area contributed by atoms with E-state index >= 15 is 0 Å². The van der Waals surface area contributed by atoms with Gasteiger partial charge >= 0.3 is 5.97 Å². The second-order valence-corrected chi connectivity index (χ2v) is 7.55. The van der Waals surface area contributed by atoms with Gasteiger partial charge in [-0.2, -0.15) is 0 Å². The van der Waals surface area contributed by atoms with Gasteiger partial charge in [-0.3, -0.25) is 14.4 Å². The Hall–Kier alpha value is -3.48. The molecule has 0 aromatic heterocycles. The number of Topliss-reactive ketones (excluding diaryl/α,β-unsaturated/α-hetero) is 1. The van der Waals surface area contributed by atoms with Gasteiger partial charge in [-0.05, 0) is 61.4 Å². The van der Waals surface area contributed by atoms with E-state index in [4.69, 9.17) is 4.74 Å². The molecule has 0 saturated heterocycles. The van der Waals surface area contributed by atoms with Crippen LogP contribution in [0.3, 0.4) is 0 Å². The Labute approximate surface area is 174 Å². The average Bonchev–Trinajstić information content (AvgIpc) is 2.73. The molecular weight excluding hydrogens is 384 g/mol. The number of amides is 2. The summed E-state index contributed by atoms with van der Waals surface area (Å²) in [6.45, 7) is 5.11. The number of nitrogens with one attached hydrogen (secondary N) is 2. The molecule has 30 heavy (non-hydrogen) atoms. The molecule has 0 unspecified atom stereocenters. The number of anilines is 2. The van der Waals surface area contributed by atoms with Crippen LogP contribution in [-0.4, -0.2) is 29.7 Å². The van der Waals surface area contributed by atoms with E-state index in [0.717, 1.165) is 5.56 Å². The minimum absolute atomic E-state index is 0.0492. The van der Waals surface area contributed by atoms with Crippen molar-refractivity contribution < 1.29 is 23.9 Å². The summed E-state index contributed by atoms with van der Waals surface area (Å²) in [5.74, 6) is -1.25. The number of fused-ring (bicyclic) bond motifs is 1. The molecule has 7 heteroatoms. The van der Waals surface area contributed by atoms with Crippen LogP contribution in [0.4, 0.5) is 11.4 Å². The molecule has 1 aliphatic heterocycles. The van der Waals surface area contributed by atoms with Crippen molar-refractivity contribution in [1.29, 1.82) is 0 Å². The van der Waals surface area contributed by atoms with E-state index < -0.39 is 12.1 Å². The van der Waals surface area contributed by atoms with Crippen molar-refractivity contribution in [2.24, 2.45) is 5.92 Å². The molecule has 0 aliphatic carbocycles. The zero-order valence-corrected chi connectivity index (χ0v) is 17.2. The Morgan fingerprint density at radius 2 is 1.63 bits per heavy atom. The molecule has 1 atom stereocenters. The van der Waals surface area contributed by atoms with Crippen molar-refractivity contribution >= 4 is 34.9 Å². The maximum Gasteiger partial charge on any atom is 0.338 e. The highest BCUT2D eigenvalue weighted by atomic mass is 16.5. The standard InChI is InChI=1S/C23H24N2O5/c1-13(2)22(28)24-18-8-4-15(5-9-18)21(27)14(3)30-23(29)17-6-10-19-16(12-17)7-11-20(26)25-19/h4-6,8-10,12-14H,7,11H2,1-3H3,(H,24,28)(H,25,26)/t14-/m0/s1. The molecule has 1 heterocycles. The smallest absolute Gasteiger partial charge is 0.338 e. The Morgan fingerprint density at radius 3 is 2.30 bits per heavy atom. The lowest BCUT2D eigenvalue weighted by Gasteiger charge is -2.18. The molecule has 0 bridgehead atoms. The molecule has 3 rings (SSSR count). The van der Waals surface area contributed by atoms with E-state index in [1.54, 1.807) is 56.3 Å². The lowest BCUT2D eigenvalue weighted by Crippen LogP contribution is -2.25. The summed E-state index contributed by atoms with van der Waals surface area (Å²) in [5, 5.41) is 5.51. The van der Waals surface area contributed by atoms with Crippen LogP contribution in [0, 0.1) is 5.92 Å². The van der Waals surface area contributed by atoms with Gasteiger partial charge in [0.2, 0.25) is 17.6 Å². The van der Waals surface area contributed by atoms with Gasteiger partial charge in [-0.15, -0.1) is 0 Å². The summed E-state index contributed by atoms with van der Waals surface area (Å²) in [4.78, 5) is 48.3. The van der Waals surface area contributed by atoms with Gasteiger partial charge in [-0.1, -0.05) is 13.8 Å². The molecule has 2 amide bonds. The van der Waals surface area contributed by atoms with Crippen molar-refractivity contribution in [1.82, 2.24) is 0 Å². The number of esters is 1. The second-order valence-electron chi connectivity index (χ2n) is 7.55. The minimum Gasteiger partial charge on any atom is -0.451 e.